The minimum atomic E-state index is -0.0542. The molecule has 0 radical (unpaired) electrons. The van der Waals surface area contributed by atoms with Crippen molar-refractivity contribution in [2.75, 3.05) is 17.3 Å². The van der Waals surface area contributed by atoms with E-state index >= 15 is 0 Å². The lowest BCUT2D eigenvalue weighted by molar-refractivity contribution is -0.117. The van der Waals surface area contributed by atoms with Crippen molar-refractivity contribution in [3.8, 4) is 0 Å². The van der Waals surface area contributed by atoms with Gasteiger partial charge in [-0.15, -0.1) is 0 Å². The van der Waals surface area contributed by atoms with Gasteiger partial charge in [-0.1, -0.05) is 29.8 Å². The molecule has 0 fully saturated rings. The quantitative estimate of drug-likeness (QED) is 0.946. The first-order valence-electron chi connectivity index (χ1n) is 7.28. The number of rotatable bonds is 3. The third-order valence-electron chi connectivity index (χ3n) is 3.93. The van der Waals surface area contributed by atoms with Gasteiger partial charge in [-0.3, -0.25) is 9.59 Å². The fourth-order valence-corrected chi connectivity index (χ4v) is 2.64. The first-order chi connectivity index (χ1) is 10.5. The average molecular weight is 294 g/mol. The van der Waals surface area contributed by atoms with Gasteiger partial charge in [0.2, 0.25) is 11.8 Å². The van der Waals surface area contributed by atoms with Gasteiger partial charge in [-0.05, 0) is 36.2 Å². The Kier molecular flexibility index (Phi) is 3.67. The third kappa shape index (κ3) is 2.86. The summed E-state index contributed by atoms with van der Waals surface area (Å²) in [5.74, 6) is 0.0274. The molecule has 2 aromatic carbocycles. The lowest BCUT2D eigenvalue weighted by atomic mass is 10.1. The van der Waals surface area contributed by atoms with Gasteiger partial charge in [0.25, 0.3) is 0 Å². The van der Waals surface area contributed by atoms with Crippen LogP contribution in [0.15, 0.2) is 42.5 Å². The molecule has 1 aliphatic heterocycles. The van der Waals surface area contributed by atoms with Crippen LogP contribution in [0.5, 0.6) is 0 Å². The Bertz CT molecular complexity index is 735. The number of benzene rings is 2. The summed E-state index contributed by atoms with van der Waals surface area (Å²) >= 11 is 0. The molecule has 0 unspecified atom stereocenters. The van der Waals surface area contributed by atoms with Crippen LogP contribution in [-0.2, 0) is 22.4 Å². The van der Waals surface area contributed by atoms with Gasteiger partial charge >= 0.3 is 0 Å². The van der Waals surface area contributed by atoms with Crippen molar-refractivity contribution in [2.24, 2.45) is 0 Å². The van der Waals surface area contributed by atoms with E-state index in [1.165, 1.54) is 5.56 Å². The standard InChI is InChI=1S/C18H18N2O2/c1-12-3-5-13(6-4-12)9-17(21)19-15-7-8-16-14(10-15)11-18(22)20(16)2/h3-8,10H,9,11H2,1-2H3,(H,19,21). The van der Waals surface area contributed by atoms with E-state index in [1.54, 1.807) is 11.9 Å². The van der Waals surface area contributed by atoms with E-state index in [1.807, 2.05) is 49.4 Å². The Morgan fingerprint density at radius 2 is 1.91 bits per heavy atom. The van der Waals surface area contributed by atoms with Gasteiger partial charge < -0.3 is 10.2 Å². The van der Waals surface area contributed by atoms with Gasteiger partial charge in [0, 0.05) is 18.4 Å². The summed E-state index contributed by atoms with van der Waals surface area (Å²) in [5.41, 5.74) is 4.77. The number of nitrogens with one attached hydrogen (secondary N) is 1. The van der Waals surface area contributed by atoms with Crippen molar-refractivity contribution in [2.45, 2.75) is 19.8 Å². The van der Waals surface area contributed by atoms with E-state index in [4.69, 9.17) is 0 Å². The third-order valence-corrected chi connectivity index (χ3v) is 3.93. The van der Waals surface area contributed by atoms with Gasteiger partial charge in [0.15, 0.2) is 0 Å². The molecule has 4 heteroatoms. The lowest BCUT2D eigenvalue weighted by Gasteiger charge is -2.11. The van der Waals surface area contributed by atoms with Crippen LogP contribution in [0.3, 0.4) is 0 Å². The number of amides is 2. The Balaban J connectivity index is 1.69. The molecular formula is C18H18N2O2. The van der Waals surface area contributed by atoms with Crippen molar-refractivity contribution in [3.05, 3.63) is 59.2 Å². The van der Waals surface area contributed by atoms with Crippen LogP contribution in [0.1, 0.15) is 16.7 Å². The van der Waals surface area contributed by atoms with Crippen LogP contribution < -0.4 is 10.2 Å². The van der Waals surface area contributed by atoms with Crippen LogP contribution in [0.25, 0.3) is 0 Å². The molecule has 0 atom stereocenters. The molecule has 4 nitrogen and oxygen atoms in total. The summed E-state index contributed by atoms with van der Waals surface area (Å²) in [7, 11) is 1.77. The molecule has 2 aromatic rings. The zero-order valence-electron chi connectivity index (χ0n) is 12.7. The number of hydrogen-bond donors (Lipinski definition) is 1. The molecule has 112 valence electrons. The van der Waals surface area contributed by atoms with E-state index in [9.17, 15) is 9.59 Å². The van der Waals surface area contributed by atoms with Crippen molar-refractivity contribution in [3.63, 3.8) is 0 Å². The topological polar surface area (TPSA) is 49.4 Å². The van der Waals surface area contributed by atoms with Gasteiger partial charge in [-0.25, -0.2) is 0 Å². The molecule has 0 saturated carbocycles. The van der Waals surface area contributed by atoms with Crippen molar-refractivity contribution < 1.29 is 9.59 Å². The Morgan fingerprint density at radius 1 is 1.18 bits per heavy atom. The summed E-state index contributed by atoms with van der Waals surface area (Å²) in [6.45, 7) is 2.02. The molecule has 0 spiro atoms. The number of hydrogen-bond acceptors (Lipinski definition) is 2. The number of likely N-dealkylation sites (N-methyl/N-ethyl adjacent to an activating group) is 1. The molecule has 22 heavy (non-hydrogen) atoms. The molecule has 0 bridgehead atoms. The van der Waals surface area contributed by atoms with Crippen LogP contribution in [0.2, 0.25) is 0 Å². The predicted octanol–water partition coefficient (Wildman–Crippen LogP) is 2.70. The highest BCUT2D eigenvalue weighted by atomic mass is 16.2. The number of aryl methyl sites for hydroxylation is 1. The fourth-order valence-electron chi connectivity index (χ4n) is 2.64. The second kappa shape index (κ2) is 5.64. The number of anilines is 2. The zero-order chi connectivity index (χ0) is 15.7. The van der Waals surface area contributed by atoms with Gasteiger partial charge in [-0.2, -0.15) is 0 Å². The second-order valence-corrected chi connectivity index (χ2v) is 5.68. The lowest BCUT2D eigenvalue weighted by Crippen LogP contribution is -2.20. The fraction of sp³-hybridized carbons (Fsp3) is 0.222. The Labute approximate surface area is 129 Å². The SMILES string of the molecule is Cc1ccc(CC(=O)Nc2ccc3c(c2)CC(=O)N3C)cc1. The van der Waals surface area contributed by atoms with Crippen LogP contribution in [0, 0.1) is 6.92 Å². The summed E-state index contributed by atoms with van der Waals surface area (Å²) in [5, 5.41) is 2.90. The highest BCUT2D eigenvalue weighted by Crippen LogP contribution is 2.29. The predicted molar refractivity (Wildman–Crippen MR) is 87.1 cm³/mol. The Morgan fingerprint density at radius 3 is 2.64 bits per heavy atom. The highest BCUT2D eigenvalue weighted by molar-refractivity contribution is 6.02. The second-order valence-electron chi connectivity index (χ2n) is 5.68. The number of nitrogens with zero attached hydrogens (tertiary/aromatic N) is 1. The first-order valence-corrected chi connectivity index (χ1v) is 7.28. The molecule has 1 aliphatic rings. The number of carbonyl (C=O) groups is 2. The normalized spacial score (nSPS) is 13.2. The molecule has 2 amide bonds. The molecule has 3 rings (SSSR count). The average Bonchev–Trinajstić information content (AvgIpc) is 2.76. The smallest absolute Gasteiger partial charge is 0.231 e. The van der Waals surface area contributed by atoms with Gasteiger partial charge in [0.1, 0.15) is 0 Å². The van der Waals surface area contributed by atoms with E-state index < -0.39 is 0 Å². The van der Waals surface area contributed by atoms with E-state index in [0.717, 1.165) is 22.5 Å². The maximum absolute atomic E-state index is 12.1. The van der Waals surface area contributed by atoms with Crippen molar-refractivity contribution >= 4 is 23.2 Å². The molecule has 1 heterocycles. The summed E-state index contributed by atoms with van der Waals surface area (Å²) in [6, 6.07) is 13.5. The van der Waals surface area contributed by atoms with E-state index in [2.05, 4.69) is 5.32 Å². The molecule has 0 aromatic heterocycles. The first kappa shape index (κ1) is 14.3. The minimum absolute atomic E-state index is 0.0542. The summed E-state index contributed by atoms with van der Waals surface area (Å²) in [6.07, 6.45) is 0.740. The summed E-state index contributed by atoms with van der Waals surface area (Å²) in [4.78, 5) is 25.4. The molecule has 0 saturated heterocycles. The van der Waals surface area contributed by atoms with Crippen LogP contribution >= 0.6 is 0 Å². The minimum Gasteiger partial charge on any atom is -0.326 e. The highest BCUT2D eigenvalue weighted by Gasteiger charge is 2.23. The largest absolute Gasteiger partial charge is 0.326 e. The number of fused-ring (bicyclic) bond motifs is 1. The van der Waals surface area contributed by atoms with Crippen LogP contribution in [-0.4, -0.2) is 18.9 Å². The number of carbonyl (C=O) groups excluding carboxylic acids is 2. The zero-order valence-corrected chi connectivity index (χ0v) is 12.7. The summed E-state index contributed by atoms with van der Waals surface area (Å²) < 4.78 is 0. The maximum Gasteiger partial charge on any atom is 0.231 e. The van der Waals surface area contributed by atoms with Gasteiger partial charge in [0.05, 0.1) is 12.8 Å². The Hall–Kier alpha value is -2.62. The van der Waals surface area contributed by atoms with Crippen molar-refractivity contribution in [1.29, 1.82) is 0 Å². The maximum atomic E-state index is 12.1. The van der Waals surface area contributed by atoms with Crippen LogP contribution in [0.4, 0.5) is 11.4 Å². The van der Waals surface area contributed by atoms with Crippen molar-refractivity contribution in [1.82, 2.24) is 0 Å². The molecule has 1 N–H and O–H groups in total. The monoisotopic (exact) mass is 294 g/mol. The molecular weight excluding hydrogens is 276 g/mol. The molecule has 0 aliphatic carbocycles. The van der Waals surface area contributed by atoms with E-state index in [-0.39, 0.29) is 11.8 Å². The van der Waals surface area contributed by atoms with E-state index in [0.29, 0.717) is 12.8 Å².